The first kappa shape index (κ1) is 12.8. The Kier molecular flexibility index (Phi) is 3.48. The molecule has 3 rings (SSSR count). The molecule has 0 bridgehead atoms. The highest BCUT2D eigenvalue weighted by atomic mass is 16.6. The van der Waals surface area contributed by atoms with Crippen LogP contribution in [0.1, 0.15) is 23.7 Å². The Balaban J connectivity index is 1.55. The summed E-state index contributed by atoms with van der Waals surface area (Å²) in [7, 11) is 0. The molecule has 0 amide bonds. The lowest BCUT2D eigenvalue weighted by atomic mass is 10.0. The average Bonchev–Trinajstić information content (AvgIpc) is 3.26. The van der Waals surface area contributed by atoms with Crippen LogP contribution >= 0.6 is 0 Å². The molecule has 0 saturated carbocycles. The molecule has 0 aromatic heterocycles. The Morgan fingerprint density at radius 3 is 2.40 bits per heavy atom. The van der Waals surface area contributed by atoms with Gasteiger partial charge >= 0.3 is 0 Å². The molecule has 1 aliphatic heterocycles. The molecular formula is C16H15NO3. The molecule has 1 saturated heterocycles. The van der Waals surface area contributed by atoms with Gasteiger partial charge in [-0.15, -0.1) is 0 Å². The minimum absolute atomic E-state index is 0.0968. The first-order valence-corrected chi connectivity index (χ1v) is 6.68. The van der Waals surface area contributed by atoms with E-state index in [1.54, 1.807) is 12.1 Å². The fourth-order valence-electron chi connectivity index (χ4n) is 2.39. The summed E-state index contributed by atoms with van der Waals surface area (Å²) in [6.07, 6.45) is 2.30. The van der Waals surface area contributed by atoms with Gasteiger partial charge in [0.05, 0.1) is 11.0 Å². The van der Waals surface area contributed by atoms with Crippen LogP contribution in [0.25, 0.3) is 0 Å². The van der Waals surface area contributed by atoms with Gasteiger partial charge in [0.1, 0.15) is 6.10 Å². The normalized spacial score (nSPS) is 20.6. The Labute approximate surface area is 117 Å². The molecule has 20 heavy (non-hydrogen) atoms. The van der Waals surface area contributed by atoms with Gasteiger partial charge in [-0.25, -0.2) is 0 Å². The topological polar surface area (TPSA) is 55.7 Å². The maximum Gasteiger partial charge on any atom is 0.269 e. The minimum atomic E-state index is -0.385. The van der Waals surface area contributed by atoms with Crippen molar-refractivity contribution in [1.82, 2.24) is 0 Å². The van der Waals surface area contributed by atoms with Crippen molar-refractivity contribution < 1.29 is 9.66 Å². The van der Waals surface area contributed by atoms with E-state index in [9.17, 15) is 10.1 Å². The molecule has 2 aromatic rings. The number of benzene rings is 2. The average molecular weight is 269 g/mol. The van der Waals surface area contributed by atoms with Gasteiger partial charge in [-0.05, 0) is 36.1 Å². The largest absolute Gasteiger partial charge is 0.364 e. The van der Waals surface area contributed by atoms with E-state index in [0.717, 1.165) is 18.4 Å². The summed E-state index contributed by atoms with van der Waals surface area (Å²) in [4.78, 5) is 10.2. The molecule has 2 aromatic carbocycles. The van der Waals surface area contributed by atoms with E-state index in [-0.39, 0.29) is 22.8 Å². The molecule has 0 radical (unpaired) electrons. The molecule has 2 unspecified atom stereocenters. The van der Waals surface area contributed by atoms with Crippen molar-refractivity contribution in [1.29, 1.82) is 0 Å². The first-order valence-electron chi connectivity index (χ1n) is 6.68. The van der Waals surface area contributed by atoms with Crippen molar-refractivity contribution in [3.63, 3.8) is 0 Å². The van der Waals surface area contributed by atoms with Crippen LogP contribution in [0.5, 0.6) is 0 Å². The third-order valence-corrected chi connectivity index (χ3v) is 3.58. The van der Waals surface area contributed by atoms with E-state index in [0.29, 0.717) is 0 Å². The monoisotopic (exact) mass is 269 g/mol. The van der Waals surface area contributed by atoms with Crippen molar-refractivity contribution in [2.75, 3.05) is 0 Å². The summed E-state index contributed by atoms with van der Waals surface area (Å²) in [5.74, 6) is 0. The summed E-state index contributed by atoms with van der Waals surface area (Å²) < 4.78 is 5.66. The number of ether oxygens (including phenoxy) is 1. The van der Waals surface area contributed by atoms with Gasteiger partial charge in [-0.1, -0.05) is 30.3 Å². The number of hydrogen-bond donors (Lipinski definition) is 0. The van der Waals surface area contributed by atoms with Crippen molar-refractivity contribution >= 4 is 5.69 Å². The van der Waals surface area contributed by atoms with Crippen LogP contribution in [-0.4, -0.2) is 11.0 Å². The van der Waals surface area contributed by atoms with E-state index in [2.05, 4.69) is 12.1 Å². The molecule has 0 spiro atoms. The van der Waals surface area contributed by atoms with E-state index in [1.165, 1.54) is 17.7 Å². The molecule has 102 valence electrons. The van der Waals surface area contributed by atoms with Gasteiger partial charge < -0.3 is 4.74 Å². The summed E-state index contributed by atoms with van der Waals surface area (Å²) in [5, 5.41) is 10.6. The quantitative estimate of drug-likeness (QED) is 0.473. The summed E-state index contributed by atoms with van der Waals surface area (Å²) in [6, 6.07) is 16.9. The van der Waals surface area contributed by atoms with Crippen LogP contribution in [0, 0.1) is 10.1 Å². The van der Waals surface area contributed by atoms with Crippen LogP contribution in [0.3, 0.4) is 0 Å². The molecule has 4 heteroatoms. The summed E-state index contributed by atoms with van der Waals surface area (Å²) in [5.41, 5.74) is 2.45. The van der Waals surface area contributed by atoms with Crippen molar-refractivity contribution in [2.45, 2.75) is 25.0 Å². The SMILES string of the molecule is O=[N+]([O-])c1ccc(C2OC2CCc2ccccc2)cc1. The molecule has 1 heterocycles. The number of aryl methyl sites for hydroxylation is 1. The lowest BCUT2D eigenvalue weighted by molar-refractivity contribution is -0.384. The van der Waals surface area contributed by atoms with Gasteiger partial charge in [0.15, 0.2) is 0 Å². The highest BCUT2D eigenvalue weighted by Gasteiger charge is 2.39. The highest BCUT2D eigenvalue weighted by molar-refractivity contribution is 5.35. The minimum Gasteiger partial charge on any atom is -0.364 e. The van der Waals surface area contributed by atoms with Crippen LogP contribution < -0.4 is 0 Å². The van der Waals surface area contributed by atoms with Crippen LogP contribution in [0.15, 0.2) is 54.6 Å². The van der Waals surface area contributed by atoms with Crippen molar-refractivity contribution in [3.05, 3.63) is 75.8 Å². The molecule has 1 aliphatic rings. The smallest absolute Gasteiger partial charge is 0.269 e. The van der Waals surface area contributed by atoms with Gasteiger partial charge in [-0.3, -0.25) is 10.1 Å². The Hall–Kier alpha value is -2.20. The maximum absolute atomic E-state index is 10.6. The lowest BCUT2D eigenvalue weighted by Gasteiger charge is -1.99. The third-order valence-electron chi connectivity index (χ3n) is 3.58. The zero-order valence-corrected chi connectivity index (χ0v) is 10.9. The third kappa shape index (κ3) is 2.86. The molecular weight excluding hydrogens is 254 g/mol. The van der Waals surface area contributed by atoms with Gasteiger partial charge in [0.25, 0.3) is 5.69 Å². The number of nitrogens with zero attached hydrogens (tertiary/aromatic N) is 1. The maximum atomic E-state index is 10.6. The number of nitro groups is 1. The molecule has 1 fully saturated rings. The lowest BCUT2D eigenvalue weighted by Crippen LogP contribution is -1.94. The zero-order chi connectivity index (χ0) is 13.9. The van der Waals surface area contributed by atoms with Crippen LogP contribution in [0.2, 0.25) is 0 Å². The van der Waals surface area contributed by atoms with Gasteiger partial charge in [-0.2, -0.15) is 0 Å². The predicted molar refractivity (Wildman–Crippen MR) is 75.5 cm³/mol. The zero-order valence-electron chi connectivity index (χ0n) is 10.9. The first-order chi connectivity index (χ1) is 9.74. The fourth-order valence-corrected chi connectivity index (χ4v) is 2.39. The van der Waals surface area contributed by atoms with Crippen LogP contribution in [0.4, 0.5) is 5.69 Å². The van der Waals surface area contributed by atoms with Gasteiger partial charge in [0.2, 0.25) is 0 Å². The Bertz CT molecular complexity index is 595. The van der Waals surface area contributed by atoms with Gasteiger partial charge in [0, 0.05) is 12.1 Å². The van der Waals surface area contributed by atoms with Crippen LogP contribution in [-0.2, 0) is 11.2 Å². The second kappa shape index (κ2) is 5.43. The molecule has 2 atom stereocenters. The molecule has 0 N–H and O–H groups in total. The second-order valence-electron chi connectivity index (χ2n) is 4.97. The Morgan fingerprint density at radius 2 is 1.75 bits per heavy atom. The standard InChI is InChI=1S/C16H15NO3/c18-17(19)14-9-7-13(8-10-14)16-15(20-16)11-6-12-4-2-1-3-5-12/h1-5,7-10,15-16H,6,11H2. The highest BCUT2D eigenvalue weighted by Crippen LogP contribution is 2.41. The Morgan fingerprint density at radius 1 is 1.05 bits per heavy atom. The van der Waals surface area contributed by atoms with Crippen molar-refractivity contribution in [3.8, 4) is 0 Å². The number of hydrogen-bond acceptors (Lipinski definition) is 3. The van der Waals surface area contributed by atoms with E-state index < -0.39 is 0 Å². The second-order valence-corrected chi connectivity index (χ2v) is 4.97. The fraction of sp³-hybridized carbons (Fsp3) is 0.250. The number of rotatable bonds is 5. The van der Waals surface area contributed by atoms with E-state index in [4.69, 9.17) is 4.74 Å². The summed E-state index contributed by atoms with van der Waals surface area (Å²) >= 11 is 0. The van der Waals surface area contributed by atoms with E-state index in [1.807, 2.05) is 18.2 Å². The summed E-state index contributed by atoms with van der Waals surface area (Å²) in [6.45, 7) is 0. The predicted octanol–water partition coefficient (Wildman–Crippen LogP) is 3.67. The number of epoxide rings is 1. The van der Waals surface area contributed by atoms with Crippen molar-refractivity contribution in [2.24, 2.45) is 0 Å². The number of nitro benzene ring substituents is 1. The molecule has 4 nitrogen and oxygen atoms in total. The number of non-ortho nitro benzene ring substituents is 1. The van der Waals surface area contributed by atoms with E-state index >= 15 is 0 Å². The molecule has 0 aliphatic carbocycles.